The van der Waals surface area contributed by atoms with Crippen molar-refractivity contribution in [2.75, 3.05) is 13.4 Å². The topological polar surface area (TPSA) is 69.2 Å². The monoisotopic (exact) mass is 372 g/mol. The standard InChI is InChI=1S/C21H28N2O4/c1-13(14-5-6-16-17(9-14)26-12-25-16)23-27-11-19(24)22-18-10-15-7-8-21(18,4)20(15,2)3/h5-6,9,15,18H,7-8,10-12H2,1-4H3,(H,22,24)/b23-13+. The molecule has 6 heteroatoms. The molecular formula is C21H28N2O4. The van der Waals surface area contributed by atoms with E-state index in [1.54, 1.807) is 0 Å². The average Bonchev–Trinajstić information content (AvgIpc) is 3.23. The van der Waals surface area contributed by atoms with Gasteiger partial charge in [-0.15, -0.1) is 0 Å². The van der Waals surface area contributed by atoms with E-state index in [4.69, 9.17) is 14.3 Å². The fourth-order valence-electron chi connectivity index (χ4n) is 5.02. The number of amides is 1. The van der Waals surface area contributed by atoms with Crippen molar-refractivity contribution in [2.24, 2.45) is 21.9 Å². The van der Waals surface area contributed by atoms with Gasteiger partial charge < -0.3 is 19.6 Å². The summed E-state index contributed by atoms with van der Waals surface area (Å²) in [7, 11) is 0. The molecule has 0 radical (unpaired) electrons. The largest absolute Gasteiger partial charge is 0.454 e. The zero-order valence-corrected chi connectivity index (χ0v) is 16.5. The van der Waals surface area contributed by atoms with Crippen molar-refractivity contribution in [3.05, 3.63) is 23.8 Å². The summed E-state index contributed by atoms with van der Waals surface area (Å²) in [6, 6.07) is 5.83. The SMILES string of the molecule is C/C(=N\OCC(=O)NC1CC2CCC1(C)C2(C)C)c1ccc2c(c1)OCO2. The summed E-state index contributed by atoms with van der Waals surface area (Å²) < 4.78 is 10.7. The highest BCUT2D eigenvalue weighted by atomic mass is 16.7. The minimum Gasteiger partial charge on any atom is -0.454 e. The minimum absolute atomic E-state index is 0.0699. The van der Waals surface area contributed by atoms with Crippen LogP contribution in [0.5, 0.6) is 11.5 Å². The minimum atomic E-state index is -0.105. The van der Waals surface area contributed by atoms with Crippen LogP contribution in [0.4, 0.5) is 0 Å². The van der Waals surface area contributed by atoms with E-state index in [9.17, 15) is 4.79 Å². The molecule has 2 aliphatic carbocycles. The van der Waals surface area contributed by atoms with Crippen LogP contribution in [0, 0.1) is 16.7 Å². The van der Waals surface area contributed by atoms with Gasteiger partial charge in [0.05, 0.1) is 5.71 Å². The van der Waals surface area contributed by atoms with Gasteiger partial charge in [-0.3, -0.25) is 4.79 Å². The number of fused-ring (bicyclic) bond motifs is 3. The van der Waals surface area contributed by atoms with Gasteiger partial charge in [-0.05, 0) is 61.1 Å². The molecule has 4 rings (SSSR count). The maximum atomic E-state index is 12.4. The van der Waals surface area contributed by atoms with Crippen LogP contribution in [-0.2, 0) is 9.63 Å². The molecule has 3 atom stereocenters. The van der Waals surface area contributed by atoms with Gasteiger partial charge in [0, 0.05) is 11.6 Å². The second-order valence-electron chi connectivity index (χ2n) is 8.75. The number of hydrogen-bond acceptors (Lipinski definition) is 5. The molecule has 1 aromatic carbocycles. The van der Waals surface area contributed by atoms with Crippen LogP contribution in [0.15, 0.2) is 23.4 Å². The second-order valence-corrected chi connectivity index (χ2v) is 8.75. The van der Waals surface area contributed by atoms with Crippen LogP contribution < -0.4 is 14.8 Å². The number of nitrogens with zero attached hydrogens (tertiary/aromatic N) is 1. The van der Waals surface area contributed by atoms with E-state index < -0.39 is 0 Å². The van der Waals surface area contributed by atoms with Crippen molar-refractivity contribution >= 4 is 11.6 Å². The molecule has 1 aromatic rings. The molecule has 2 fully saturated rings. The Bertz CT molecular complexity index is 788. The Morgan fingerprint density at radius 1 is 1.30 bits per heavy atom. The second kappa shape index (κ2) is 6.43. The number of oxime groups is 1. The Hall–Kier alpha value is -2.24. The van der Waals surface area contributed by atoms with Gasteiger partial charge in [0.2, 0.25) is 6.79 Å². The maximum Gasteiger partial charge on any atom is 0.261 e. The molecule has 1 N–H and O–H groups in total. The highest BCUT2D eigenvalue weighted by Gasteiger charge is 2.61. The van der Waals surface area contributed by atoms with Crippen LogP contribution >= 0.6 is 0 Å². The first-order valence-corrected chi connectivity index (χ1v) is 9.67. The lowest BCUT2D eigenvalue weighted by atomic mass is 9.69. The molecule has 146 valence electrons. The smallest absolute Gasteiger partial charge is 0.261 e. The zero-order chi connectivity index (χ0) is 19.2. The first-order valence-electron chi connectivity index (χ1n) is 9.67. The van der Waals surface area contributed by atoms with Gasteiger partial charge in [-0.25, -0.2) is 0 Å². The molecule has 2 bridgehead atoms. The van der Waals surface area contributed by atoms with Crippen molar-refractivity contribution in [3.8, 4) is 11.5 Å². The third kappa shape index (κ3) is 2.95. The maximum absolute atomic E-state index is 12.4. The van der Waals surface area contributed by atoms with Crippen molar-refractivity contribution in [1.82, 2.24) is 5.32 Å². The van der Waals surface area contributed by atoms with Crippen LogP contribution in [0.1, 0.15) is 52.5 Å². The predicted molar refractivity (Wildman–Crippen MR) is 102 cm³/mol. The van der Waals surface area contributed by atoms with E-state index in [2.05, 4.69) is 31.2 Å². The summed E-state index contributed by atoms with van der Waals surface area (Å²) in [6.45, 7) is 9.00. The number of benzene rings is 1. The van der Waals surface area contributed by atoms with Gasteiger partial charge in [-0.1, -0.05) is 25.9 Å². The molecule has 1 aliphatic heterocycles. The van der Waals surface area contributed by atoms with E-state index in [0.29, 0.717) is 17.4 Å². The molecule has 3 aliphatic rings. The Balaban J connectivity index is 1.32. The number of carbonyl (C=O) groups is 1. The molecule has 1 heterocycles. The third-order valence-electron chi connectivity index (χ3n) is 7.32. The van der Waals surface area contributed by atoms with Crippen LogP contribution in [-0.4, -0.2) is 31.1 Å². The van der Waals surface area contributed by atoms with Gasteiger partial charge >= 0.3 is 0 Å². The van der Waals surface area contributed by atoms with Crippen LogP contribution in [0.25, 0.3) is 0 Å². The molecule has 1 amide bonds. The predicted octanol–water partition coefficient (Wildman–Crippen LogP) is 3.49. The third-order valence-corrected chi connectivity index (χ3v) is 7.32. The Morgan fingerprint density at radius 2 is 2.07 bits per heavy atom. The van der Waals surface area contributed by atoms with Crippen molar-refractivity contribution in [1.29, 1.82) is 0 Å². The molecule has 0 saturated heterocycles. The van der Waals surface area contributed by atoms with Crippen LogP contribution in [0.3, 0.4) is 0 Å². The highest BCUT2D eigenvalue weighted by molar-refractivity contribution is 5.99. The summed E-state index contributed by atoms with van der Waals surface area (Å²) in [4.78, 5) is 17.7. The molecular weight excluding hydrogens is 344 g/mol. The summed E-state index contributed by atoms with van der Waals surface area (Å²) in [6.07, 6.45) is 3.51. The molecule has 6 nitrogen and oxygen atoms in total. The van der Waals surface area contributed by atoms with Crippen LogP contribution in [0.2, 0.25) is 0 Å². The van der Waals surface area contributed by atoms with Gasteiger partial charge in [-0.2, -0.15) is 0 Å². The number of nitrogens with one attached hydrogen (secondary N) is 1. The number of ether oxygens (including phenoxy) is 2. The number of rotatable bonds is 5. The lowest BCUT2D eigenvalue weighted by Gasteiger charge is -2.39. The van der Waals surface area contributed by atoms with E-state index in [1.165, 1.54) is 12.8 Å². The quantitative estimate of drug-likeness (QED) is 0.635. The van der Waals surface area contributed by atoms with Crippen molar-refractivity contribution in [3.63, 3.8) is 0 Å². The lowest BCUT2D eigenvalue weighted by Crippen LogP contribution is -2.47. The summed E-state index contributed by atoms with van der Waals surface area (Å²) in [5.41, 5.74) is 2.01. The highest BCUT2D eigenvalue weighted by Crippen LogP contribution is 2.65. The summed E-state index contributed by atoms with van der Waals surface area (Å²) in [5.74, 6) is 2.02. The Morgan fingerprint density at radius 3 is 2.78 bits per heavy atom. The number of carbonyl (C=O) groups excluding carboxylic acids is 1. The first-order chi connectivity index (χ1) is 12.8. The van der Waals surface area contributed by atoms with Crippen molar-refractivity contribution < 1.29 is 19.1 Å². The lowest BCUT2D eigenvalue weighted by molar-refractivity contribution is -0.127. The molecule has 2 saturated carbocycles. The molecule has 0 aromatic heterocycles. The van der Waals surface area contributed by atoms with Gasteiger partial charge in [0.25, 0.3) is 5.91 Å². The Kier molecular flexibility index (Phi) is 4.32. The average molecular weight is 372 g/mol. The summed E-state index contributed by atoms with van der Waals surface area (Å²) >= 11 is 0. The van der Waals surface area contributed by atoms with Gasteiger partial charge in [0.15, 0.2) is 18.1 Å². The molecule has 0 spiro atoms. The molecule has 3 unspecified atom stereocenters. The Labute approximate surface area is 160 Å². The first kappa shape index (κ1) is 18.1. The van der Waals surface area contributed by atoms with Crippen molar-refractivity contribution in [2.45, 2.75) is 53.0 Å². The van der Waals surface area contributed by atoms with E-state index in [1.807, 2.05) is 25.1 Å². The fourth-order valence-corrected chi connectivity index (χ4v) is 5.02. The van der Waals surface area contributed by atoms with E-state index in [-0.39, 0.29) is 36.2 Å². The van der Waals surface area contributed by atoms with E-state index in [0.717, 1.165) is 17.7 Å². The normalized spacial score (nSPS) is 30.4. The fraction of sp³-hybridized carbons (Fsp3) is 0.619. The van der Waals surface area contributed by atoms with E-state index >= 15 is 0 Å². The number of hydrogen-bond donors (Lipinski definition) is 1. The molecule has 27 heavy (non-hydrogen) atoms. The van der Waals surface area contributed by atoms with Gasteiger partial charge in [0.1, 0.15) is 0 Å². The summed E-state index contributed by atoms with van der Waals surface area (Å²) in [5, 5.41) is 7.27. The zero-order valence-electron chi connectivity index (χ0n) is 16.5.